The van der Waals surface area contributed by atoms with Crippen molar-refractivity contribution in [3.8, 4) is 0 Å². The fourth-order valence-corrected chi connectivity index (χ4v) is 2.34. The number of hydrogen-bond donors (Lipinski definition) is 2. The highest BCUT2D eigenvalue weighted by Crippen LogP contribution is 2.38. The molecule has 0 saturated carbocycles. The van der Waals surface area contributed by atoms with Crippen molar-refractivity contribution in [2.24, 2.45) is 0 Å². The Balaban J connectivity index is 2.60. The minimum atomic E-state index is -1.33. The van der Waals surface area contributed by atoms with Gasteiger partial charge in [-0.3, -0.25) is 14.4 Å². The first kappa shape index (κ1) is 14.7. The van der Waals surface area contributed by atoms with Gasteiger partial charge in [-0.15, -0.1) is 0 Å². The topological polar surface area (TPSA) is 94.9 Å². The summed E-state index contributed by atoms with van der Waals surface area (Å²) in [6.07, 6.45) is 0. The molecule has 1 atom stereocenters. The lowest BCUT2D eigenvalue weighted by Gasteiger charge is -2.25. The van der Waals surface area contributed by atoms with E-state index >= 15 is 0 Å². The van der Waals surface area contributed by atoms with E-state index in [1.807, 2.05) is 0 Å². The van der Waals surface area contributed by atoms with Gasteiger partial charge in [-0.05, 0) is 13.0 Å². The summed E-state index contributed by atoms with van der Waals surface area (Å²) in [5.41, 5.74) is -0.340. The number of Topliss-reactive ketones (excluding diaryl/α,β-unsaturated/α-hetero) is 1. The molecule has 0 spiro atoms. The number of carbonyl (C=O) groups excluding carboxylic acids is 2. The van der Waals surface area contributed by atoms with Crippen molar-refractivity contribution in [3.63, 3.8) is 0 Å². The maximum Gasteiger partial charge on any atom is 0.323 e. The second-order valence-electron chi connectivity index (χ2n) is 4.57. The first-order valence-corrected chi connectivity index (χ1v) is 6.05. The smallest absolute Gasteiger partial charge is 0.323 e. The molecular formula is C14H12FNO5. The first-order chi connectivity index (χ1) is 9.84. The van der Waals surface area contributed by atoms with Crippen LogP contribution in [0.4, 0.5) is 4.39 Å². The molecule has 0 aromatic heterocycles. The fraction of sp³-hybridized carbons (Fsp3) is 0.214. The third-order valence-electron chi connectivity index (χ3n) is 3.19. The van der Waals surface area contributed by atoms with E-state index in [0.717, 1.165) is 17.9 Å². The number of rotatable bonds is 4. The van der Waals surface area contributed by atoms with Crippen LogP contribution in [0.1, 0.15) is 18.5 Å². The van der Waals surface area contributed by atoms with Crippen molar-refractivity contribution < 1.29 is 29.0 Å². The normalized spacial score (nSPS) is 18.3. The van der Waals surface area contributed by atoms with Crippen molar-refractivity contribution in [2.75, 3.05) is 6.54 Å². The molecule has 1 amide bonds. The van der Waals surface area contributed by atoms with Crippen LogP contribution in [0.3, 0.4) is 0 Å². The largest absolute Gasteiger partial charge is 0.503 e. The zero-order valence-electron chi connectivity index (χ0n) is 11.0. The summed E-state index contributed by atoms with van der Waals surface area (Å²) in [6.45, 7) is 0.371. The molecule has 110 valence electrons. The highest BCUT2D eigenvalue weighted by molar-refractivity contribution is 6.08. The number of carboxylic acid groups (broad SMARTS) is 1. The molecular weight excluding hydrogens is 281 g/mol. The number of hydrogen-bond acceptors (Lipinski definition) is 4. The van der Waals surface area contributed by atoms with Crippen LogP contribution in [0.5, 0.6) is 0 Å². The number of ketones is 1. The van der Waals surface area contributed by atoms with Crippen LogP contribution < -0.4 is 0 Å². The standard InChI is InChI=1S/C14H12FNO5/c1-7(17)11-12(8-4-2-3-5-9(8)15)16(6-10(18)19)14(21)13(11)20/h2-5,12,20H,6H2,1H3,(H,18,19)/t12-/m0/s1. The Morgan fingerprint density at radius 2 is 1.95 bits per heavy atom. The molecule has 1 aromatic carbocycles. The van der Waals surface area contributed by atoms with Gasteiger partial charge in [0.2, 0.25) is 0 Å². The summed E-state index contributed by atoms with van der Waals surface area (Å²) in [4.78, 5) is 35.2. The summed E-state index contributed by atoms with van der Waals surface area (Å²) in [6, 6.07) is 4.14. The molecule has 0 aliphatic carbocycles. The highest BCUT2D eigenvalue weighted by atomic mass is 19.1. The molecule has 0 fully saturated rings. The van der Waals surface area contributed by atoms with Crippen molar-refractivity contribution in [1.29, 1.82) is 0 Å². The van der Waals surface area contributed by atoms with Gasteiger partial charge in [0.05, 0.1) is 11.6 Å². The molecule has 1 heterocycles. The number of halogens is 1. The molecule has 6 nitrogen and oxygen atoms in total. The van der Waals surface area contributed by atoms with Gasteiger partial charge >= 0.3 is 5.97 Å². The molecule has 1 aliphatic heterocycles. The molecule has 1 aliphatic rings. The number of nitrogens with zero attached hydrogens (tertiary/aromatic N) is 1. The van der Waals surface area contributed by atoms with Crippen molar-refractivity contribution in [2.45, 2.75) is 13.0 Å². The van der Waals surface area contributed by atoms with Gasteiger partial charge in [-0.25, -0.2) is 4.39 Å². The summed E-state index contributed by atoms with van der Waals surface area (Å²) in [7, 11) is 0. The summed E-state index contributed by atoms with van der Waals surface area (Å²) < 4.78 is 13.9. The Bertz CT molecular complexity index is 667. The van der Waals surface area contributed by atoms with Crippen LogP contribution in [0.25, 0.3) is 0 Å². The minimum absolute atomic E-state index is 0.0404. The molecule has 21 heavy (non-hydrogen) atoms. The highest BCUT2D eigenvalue weighted by Gasteiger charge is 2.44. The van der Waals surface area contributed by atoms with Crippen molar-refractivity contribution >= 4 is 17.7 Å². The Labute approximate surface area is 119 Å². The maximum absolute atomic E-state index is 13.9. The summed E-state index contributed by atoms with van der Waals surface area (Å²) >= 11 is 0. The number of aliphatic hydroxyl groups is 1. The monoisotopic (exact) mass is 293 g/mol. The molecule has 1 aromatic rings. The molecule has 2 N–H and O–H groups in total. The van der Waals surface area contributed by atoms with Gasteiger partial charge in [0.1, 0.15) is 12.4 Å². The van der Waals surface area contributed by atoms with E-state index in [9.17, 15) is 23.9 Å². The number of benzene rings is 1. The van der Waals surface area contributed by atoms with Gasteiger partial charge in [0.25, 0.3) is 5.91 Å². The Morgan fingerprint density at radius 3 is 2.48 bits per heavy atom. The molecule has 0 saturated heterocycles. The predicted molar refractivity (Wildman–Crippen MR) is 68.8 cm³/mol. The van der Waals surface area contributed by atoms with Crippen LogP contribution in [-0.2, 0) is 14.4 Å². The Kier molecular flexibility index (Phi) is 3.75. The van der Waals surface area contributed by atoms with E-state index in [1.165, 1.54) is 18.2 Å². The Morgan fingerprint density at radius 1 is 1.33 bits per heavy atom. The zero-order chi connectivity index (χ0) is 15.7. The SMILES string of the molecule is CC(=O)C1=C(O)C(=O)N(CC(=O)O)[C@H]1c1ccccc1F. The van der Waals surface area contributed by atoms with Crippen molar-refractivity contribution in [1.82, 2.24) is 4.90 Å². The third-order valence-corrected chi connectivity index (χ3v) is 3.19. The van der Waals surface area contributed by atoms with Crippen molar-refractivity contribution in [3.05, 3.63) is 47.0 Å². The zero-order valence-corrected chi connectivity index (χ0v) is 11.0. The number of carbonyl (C=O) groups is 3. The Hall–Kier alpha value is -2.70. The molecule has 2 rings (SSSR count). The molecule has 0 bridgehead atoms. The quantitative estimate of drug-likeness (QED) is 0.869. The second kappa shape index (κ2) is 5.35. The van der Waals surface area contributed by atoms with Crippen LogP contribution in [0.2, 0.25) is 0 Å². The van der Waals surface area contributed by atoms with Gasteiger partial charge < -0.3 is 15.1 Å². The van der Waals surface area contributed by atoms with Gasteiger partial charge in [0.15, 0.2) is 11.5 Å². The summed E-state index contributed by atoms with van der Waals surface area (Å²) in [5, 5.41) is 18.7. The van der Waals surface area contributed by atoms with Gasteiger partial charge in [-0.1, -0.05) is 18.2 Å². The second-order valence-corrected chi connectivity index (χ2v) is 4.57. The first-order valence-electron chi connectivity index (χ1n) is 6.05. The van der Waals surface area contributed by atoms with Gasteiger partial charge in [0, 0.05) is 5.56 Å². The van der Waals surface area contributed by atoms with Gasteiger partial charge in [-0.2, -0.15) is 0 Å². The van der Waals surface area contributed by atoms with E-state index in [0.29, 0.717) is 0 Å². The van der Waals surface area contributed by atoms with Crippen LogP contribution >= 0.6 is 0 Å². The number of carboxylic acids is 1. The number of aliphatic hydroxyl groups excluding tert-OH is 1. The molecule has 0 radical (unpaired) electrons. The van der Waals surface area contributed by atoms with E-state index in [2.05, 4.69) is 0 Å². The summed E-state index contributed by atoms with van der Waals surface area (Å²) in [5.74, 6) is -4.49. The molecule has 0 unspecified atom stereocenters. The maximum atomic E-state index is 13.9. The fourth-order valence-electron chi connectivity index (χ4n) is 2.34. The lowest BCUT2D eigenvalue weighted by atomic mass is 9.96. The van der Waals surface area contributed by atoms with Crippen LogP contribution in [0, 0.1) is 5.82 Å². The average molecular weight is 293 g/mol. The average Bonchev–Trinajstić information content (AvgIpc) is 2.63. The van der Waals surface area contributed by atoms with E-state index < -0.39 is 41.8 Å². The van der Waals surface area contributed by atoms with E-state index in [1.54, 1.807) is 0 Å². The minimum Gasteiger partial charge on any atom is -0.503 e. The van der Waals surface area contributed by atoms with E-state index in [-0.39, 0.29) is 11.1 Å². The van der Waals surface area contributed by atoms with Crippen LogP contribution in [-0.4, -0.2) is 39.3 Å². The molecule has 7 heteroatoms. The predicted octanol–water partition coefficient (Wildman–Crippen LogP) is 1.19. The van der Waals surface area contributed by atoms with Crippen LogP contribution in [0.15, 0.2) is 35.6 Å². The lowest BCUT2D eigenvalue weighted by Crippen LogP contribution is -2.35. The lowest BCUT2D eigenvalue weighted by molar-refractivity contribution is -0.144. The van der Waals surface area contributed by atoms with E-state index in [4.69, 9.17) is 5.11 Å². The number of aliphatic carboxylic acids is 1. The third kappa shape index (κ3) is 2.49. The number of amides is 1.